The molecule has 0 bridgehead atoms. The third kappa shape index (κ3) is 2.82. The van der Waals surface area contributed by atoms with Gasteiger partial charge in [-0.05, 0) is 27.8 Å². The summed E-state index contributed by atoms with van der Waals surface area (Å²) in [6.07, 6.45) is 2.74. The van der Waals surface area contributed by atoms with Crippen LogP contribution in [0.1, 0.15) is 38.9 Å². The van der Waals surface area contributed by atoms with Crippen LogP contribution in [0.2, 0.25) is 0 Å². The summed E-state index contributed by atoms with van der Waals surface area (Å²) < 4.78 is 2.83. The average molecular weight is 260 g/mol. The van der Waals surface area contributed by atoms with Gasteiger partial charge in [-0.25, -0.2) is 0 Å². The number of rotatable bonds is 2. The average Bonchev–Trinajstić information content (AvgIpc) is 2.27. The molecule has 0 aliphatic rings. The monoisotopic (exact) mass is 259 g/mol. The number of hydrogen-bond acceptors (Lipinski definition) is 2. The normalized spacial score (nSPS) is 14.4. The Kier molecular flexibility index (Phi) is 3.37. The van der Waals surface area contributed by atoms with Crippen molar-refractivity contribution in [2.24, 2.45) is 18.2 Å². The Labute approximate surface area is 93.8 Å². The van der Waals surface area contributed by atoms with E-state index in [1.807, 2.05) is 11.7 Å². The highest BCUT2D eigenvalue weighted by atomic mass is 79.9. The zero-order valence-corrected chi connectivity index (χ0v) is 10.8. The van der Waals surface area contributed by atoms with Crippen molar-refractivity contribution in [1.82, 2.24) is 9.78 Å². The molecule has 0 spiro atoms. The first-order chi connectivity index (χ1) is 6.31. The number of aryl methyl sites for hydroxylation is 1. The molecule has 0 saturated carbocycles. The van der Waals surface area contributed by atoms with Gasteiger partial charge in [0.15, 0.2) is 0 Å². The van der Waals surface area contributed by atoms with Gasteiger partial charge in [0.25, 0.3) is 0 Å². The number of hydrogen-bond donors (Lipinski definition) is 1. The fourth-order valence-electron chi connectivity index (χ4n) is 1.59. The Morgan fingerprint density at radius 1 is 1.57 bits per heavy atom. The number of halogens is 1. The van der Waals surface area contributed by atoms with E-state index in [0.717, 1.165) is 16.6 Å². The van der Waals surface area contributed by atoms with Crippen molar-refractivity contribution in [2.75, 3.05) is 0 Å². The summed E-state index contributed by atoms with van der Waals surface area (Å²) in [4.78, 5) is 0. The van der Waals surface area contributed by atoms with Crippen molar-refractivity contribution in [3.63, 3.8) is 0 Å². The minimum atomic E-state index is 0.0388. The Morgan fingerprint density at radius 2 is 2.14 bits per heavy atom. The SMILES string of the molecule is Cn1ncc(Br)c1C(N)CC(C)(C)C. The van der Waals surface area contributed by atoms with Crippen LogP contribution in [-0.4, -0.2) is 9.78 Å². The molecule has 0 amide bonds. The van der Waals surface area contributed by atoms with Gasteiger partial charge in [0, 0.05) is 13.1 Å². The highest BCUT2D eigenvalue weighted by Crippen LogP contribution is 2.30. The zero-order valence-electron chi connectivity index (χ0n) is 9.21. The molecule has 0 saturated heterocycles. The van der Waals surface area contributed by atoms with Gasteiger partial charge in [-0.15, -0.1) is 0 Å². The first-order valence-electron chi connectivity index (χ1n) is 4.74. The lowest BCUT2D eigenvalue weighted by Gasteiger charge is -2.23. The predicted molar refractivity (Wildman–Crippen MR) is 61.9 cm³/mol. The molecule has 1 rings (SSSR count). The number of nitrogens with zero attached hydrogens (tertiary/aromatic N) is 2. The second kappa shape index (κ2) is 4.03. The molecule has 4 heteroatoms. The quantitative estimate of drug-likeness (QED) is 0.888. The predicted octanol–water partition coefficient (Wildman–Crippen LogP) is 2.62. The van der Waals surface area contributed by atoms with E-state index in [2.05, 4.69) is 41.8 Å². The molecule has 1 heterocycles. The molecule has 3 nitrogen and oxygen atoms in total. The Balaban J connectivity index is 2.84. The second-order valence-corrected chi connectivity index (χ2v) is 5.73. The van der Waals surface area contributed by atoms with Gasteiger partial charge in [0.05, 0.1) is 16.4 Å². The smallest absolute Gasteiger partial charge is 0.0690 e. The molecule has 1 atom stereocenters. The summed E-state index contributed by atoms with van der Waals surface area (Å²) in [5, 5.41) is 4.16. The van der Waals surface area contributed by atoms with E-state index in [4.69, 9.17) is 5.73 Å². The maximum absolute atomic E-state index is 6.14. The fraction of sp³-hybridized carbons (Fsp3) is 0.700. The van der Waals surface area contributed by atoms with E-state index in [0.29, 0.717) is 0 Å². The van der Waals surface area contributed by atoms with Crippen LogP contribution in [0.25, 0.3) is 0 Å². The molecule has 14 heavy (non-hydrogen) atoms. The van der Waals surface area contributed by atoms with Crippen LogP contribution >= 0.6 is 15.9 Å². The molecule has 0 aromatic carbocycles. The van der Waals surface area contributed by atoms with Gasteiger partial charge in [-0.1, -0.05) is 20.8 Å². The standard InChI is InChI=1S/C10H18BrN3/c1-10(2,3)5-8(12)9-7(11)6-13-14(9)4/h6,8H,5,12H2,1-4H3. The highest BCUT2D eigenvalue weighted by Gasteiger charge is 2.21. The summed E-state index contributed by atoms with van der Waals surface area (Å²) in [6.45, 7) is 6.57. The van der Waals surface area contributed by atoms with Crippen molar-refractivity contribution in [3.8, 4) is 0 Å². The maximum atomic E-state index is 6.14. The zero-order chi connectivity index (χ0) is 10.9. The summed E-state index contributed by atoms with van der Waals surface area (Å²) in [7, 11) is 1.92. The molecule has 0 radical (unpaired) electrons. The maximum Gasteiger partial charge on any atom is 0.0690 e. The van der Waals surface area contributed by atoms with E-state index in [1.54, 1.807) is 6.20 Å². The summed E-state index contributed by atoms with van der Waals surface area (Å²) in [6, 6.07) is 0.0388. The van der Waals surface area contributed by atoms with Gasteiger partial charge >= 0.3 is 0 Å². The first-order valence-corrected chi connectivity index (χ1v) is 5.53. The van der Waals surface area contributed by atoms with E-state index in [-0.39, 0.29) is 11.5 Å². The molecule has 0 aliphatic heterocycles. The molecule has 1 aromatic heterocycles. The van der Waals surface area contributed by atoms with Gasteiger partial charge < -0.3 is 5.73 Å². The molecule has 1 unspecified atom stereocenters. The van der Waals surface area contributed by atoms with Crippen molar-refractivity contribution in [2.45, 2.75) is 33.2 Å². The molecule has 0 aliphatic carbocycles. The molecular formula is C10H18BrN3. The van der Waals surface area contributed by atoms with Gasteiger partial charge in [0.2, 0.25) is 0 Å². The molecule has 0 fully saturated rings. The van der Waals surface area contributed by atoms with Crippen LogP contribution in [0.5, 0.6) is 0 Å². The molecule has 80 valence electrons. The topological polar surface area (TPSA) is 43.8 Å². The summed E-state index contributed by atoms with van der Waals surface area (Å²) >= 11 is 3.46. The van der Waals surface area contributed by atoms with Crippen molar-refractivity contribution in [1.29, 1.82) is 0 Å². The van der Waals surface area contributed by atoms with Crippen molar-refractivity contribution < 1.29 is 0 Å². The minimum Gasteiger partial charge on any atom is -0.323 e. The Morgan fingerprint density at radius 3 is 2.50 bits per heavy atom. The lowest BCUT2D eigenvalue weighted by atomic mass is 9.87. The van der Waals surface area contributed by atoms with Crippen LogP contribution in [0.15, 0.2) is 10.7 Å². The Hall–Kier alpha value is -0.350. The summed E-state index contributed by atoms with van der Waals surface area (Å²) in [5.41, 5.74) is 7.44. The fourth-order valence-corrected chi connectivity index (χ4v) is 2.24. The van der Waals surface area contributed by atoms with Crippen LogP contribution in [0.3, 0.4) is 0 Å². The Bertz CT molecular complexity index is 292. The minimum absolute atomic E-state index is 0.0388. The van der Waals surface area contributed by atoms with E-state index < -0.39 is 0 Å². The van der Waals surface area contributed by atoms with Gasteiger partial charge in [0.1, 0.15) is 0 Å². The largest absolute Gasteiger partial charge is 0.323 e. The van der Waals surface area contributed by atoms with Gasteiger partial charge in [-0.2, -0.15) is 5.10 Å². The van der Waals surface area contributed by atoms with E-state index in [1.165, 1.54) is 0 Å². The van der Waals surface area contributed by atoms with Crippen LogP contribution in [-0.2, 0) is 7.05 Å². The third-order valence-corrected chi connectivity index (χ3v) is 2.73. The lowest BCUT2D eigenvalue weighted by Crippen LogP contribution is -2.21. The van der Waals surface area contributed by atoms with Crippen LogP contribution in [0.4, 0.5) is 0 Å². The van der Waals surface area contributed by atoms with Crippen LogP contribution in [0, 0.1) is 5.41 Å². The second-order valence-electron chi connectivity index (χ2n) is 4.87. The van der Waals surface area contributed by atoms with Crippen molar-refractivity contribution in [3.05, 3.63) is 16.4 Å². The third-order valence-electron chi connectivity index (χ3n) is 2.12. The first kappa shape index (κ1) is 11.7. The number of aromatic nitrogens is 2. The molecule has 1 aromatic rings. The van der Waals surface area contributed by atoms with Crippen molar-refractivity contribution >= 4 is 15.9 Å². The lowest BCUT2D eigenvalue weighted by molar-refractivity contribution is 0.335. The van der Waals surface area contributed by atoms with E-state index in [9.17, 15) is 0 Å². The highest BCUT2D eigenvalue weighted by molar-refractivity contribution is 9.10. The van der Waals surface area contributed by atoms with E-state index >= 15 is 0 Å². The van der Waals surface area contributed by atoms with Crippen LogP contribution < -0.4 is 5.73 Å². The molecular weight excluding hydrogens is 242 g/mol. The number of nitrogens with two attached hydrogens (primary N) is 1. The molecule has 2 N–H and O–H groups in total. The summed E-state index contributed by atoms with van der Waals surface area (Å²) in [5.74, 6) is 0. The van der Waals surface area contributed by atoms with Gasteiger partial charge in [-0.3, -0.25) is 4.68 Å².